The molecular weight excluding hydrogens is 688 g/mol. The van der Waals surface area contributed by atoms with E-state index >= 15 is 0 Å². The van der Waals surface area contributed by atoms with Gasteiger partial charge in [-0.05, 0) is 24.3 Å². The SMILES string of the molecule is O=c1cc(-c2ccc(O)cc2)oc2c([C@@H]3O[C@H](CO)[C@@H](O)[C@H](O)[C@H]3O[C@@H]3OC[C@](O)(CO)[C@H]3O)c(O)c([C@@H]3O[C@H](CO)[C@@H](O)[C@H](O)[C@H]3O)c(O)c12. The molecule has 280 valence electrons. The Kier molecular flexibility index (Phi) is 10.3. The highest BCUT2D eigenvalue weighted by Crippen LogP contribution is 2.51. The van der Waals surface area contributed by atoms with Gasteiger partial charge in [0.15, 0.2) is 17.3 Å². The lowest BCUT2D eigenvalue weighted by atomic mass is 9.85. The molecule has 19 heteroatoms. The van der Waals surface area contributed by atoms with Crippen molar-refractivity contribution >= 4 is 11.0 Å². The zero-order chi connectivity index (χ0) is 37.1. The van der Waals surface area contributed by atoms with Gasteiger partial charge in [-0.3, -0.25) is 4.79 Å². The molecule has 3 aliphatic heterocycles. The molecule has 0 amide bonds. The summed E-state index contributed by atoms with van der Waals surface area (Å²) in [6, 6.07) is 6.22. The quantitative estimate of drug-likeness (QED) is 0.105. The Morgan fingerprint density at radius 2 is 1.37 bits per heavy atom. The molecule has 1 aromatic heterocycles. The van der Waals surface area contributed by atoms with Gasteiger partial charge in [-0.25, -0.2) is 0 Å². The molecule has 13 atom stereocenters. The predicted octanol–water partition coefficient (Wildman–Crippen LogP) is -3.93. The van der Waals surface area contributed by atoms with Gasteiger partial charge in [0.2, 0.25) is 0 Å². The maximum Gasteiger partial charge on any atom is 0.197 e. The Balaban J connectivity index is 1.61. The standard InChI is InChI=1S/C32H38O19/c33-6-14-19(38)23(42)25(44)27(49-14)17-21(40)16-12(37)5-13(10-1-3-11(36)4-2-10)48-26(16)18(22(17)41)28-29(24(43)20(39)15(7-34)50-28)51-31-30(45)32(46,8-35)9-47-31/h1-5,14-15,19-20,23-25,27-31,33-36,38-46H,6-9H2/t14-,15-,19-,20-,23+,24+,25-,27+,28+,29-,30+,31+,32-/m1/s1. The first-order chi connectivity index (χ1) is 24.2. The van der Waals surface area contributed by atoms with Crippen molar-refractivity contribution in [3.05, 3.63) is 51.7 Å². The highest BCUT2D eigenvalue weighted by atomic mass is 16.7. The van der Waals surface area contributed by atoms with Crippen LogP contribution >= 0.6 is 0 Å². The minimum Gasteiger partial charge on any atom is -0.508 e. The third-order valence-electron chi connectivity index (χ3n) is 9.55. The van der Waals surface area contributed by atoms with Crippen LogP contribution in [0.5, 0.6) is 17.2 Å². The topological polar surface area (TPSA) is 330 Å². The zero-order valence-electron chi connectivity index (χ0n) is 26.4. The van der Waals surface area contributed by atoms with E-state index in [9.17, 15) is 71.2 Å². The molecule has 0 aliphatic carbocycles. The molecule has 19 nitrogen and oxygen atoms in total. The summed E-state index contributed by atoms with van der Waals surface area (Å²) >= 11 is 0. The minimum atomic E-state index is -2.22. The Labute approximate surface area is 286 Å². The van der Waals surface area contributed by atoms with Gasteiger partial charge in [0.05, 0.1) is 37.6 Å². The van der Waals surface area contributed by atoms with Crippen molar-refractivity contribution in [2.75, 3.05) is 26.4 Å². The number of aromatic hydroxyl groups is 3. The summed E-state index contributed by atoms with van der Waals surface area (Å²) in [6.45, 7) is -3.47. The molecule has 3 aromatic rings. The zero-order valence-corrected chi connectivity index (χ0v) is 26.4. The number of rotatable bonds is 8. The van der Waals surface area contributed by atoms with E-state index in [1.54, 1.807) is 0 Å². The summed E-state index contributed by atoms with van der Waals surface area (Å²) in [5.74, 6) is -2.45. The molecule has 0 unspecified atom stereocenters. The molecule has 2 aromatic carbocycles. The number of aliphatic hydroxyl groups excluding tert-OH is 9. The van der Waals surface area contributed by atoms with E-state index in [-0.39, 0.29) is 17.1 Å². The number of ether oxygens (including phenoxy) is 4. The maximum absolute atomic E-state index is 13.8. The number of hydrogen-bond donors (Lipinski definition) is 13. The summed E-state index contributed by atoms with van der Waals surface area (Å²) in [5, 5.41) is 137. The van der Waals surface area contributed by atoms with Crippen LogP contribution in [-0.4, -0.2) is 160 Å². The molecule has 0 saturated carbocycles. The van der Waals surface area contributed by atoms with Crippen molar-refractivity contribution in [3.8, 4) is 28.6 Å². The Morgan fingerprint density at radius 1 is 0.765 bits per heavy atom. The molecule has 6 rings (SSSR count). The van der Waals surface area contributed by atoms with Crippen molar-refractivity contribution in [1.82, 2.24) is 0 Å². The maximum atomic E-state index is 13.8. The van der Waals surface area contributed by atoms with E-state index < -0.39 is 144 Å². The summed E-state index contributed by atoms with van der Waals surface area (Å²) in [4.78, 5) is 13.8. The van der Waals surface area contributed by atoms with E-state index in [0.717, 1.165) is 6.07 Å². The van der Waals surface area contributed by atoms with E-state index in [0.29, 0.717) is 0 Å². The first-order valence-corrected chi connectivity index (χ1v) is 15.7. The second-order valence-electron chi connectivity index (χ2n) is 12.7. The molecule has 0 radical (unpaired) electrons. The Bertz CT molecular complexity index is 1780. The van der Waals surface area contributed by atoms with Crippen molar-refractivity contribution in [2.24, 2.45) is 0 Å². The second kappa shape index (κ2) is 14.1. The van der Waals surface area contributed by atoms with Gasteiger partial charge in [-0.15, -0.1) is 0 Å². The smallest absolute Gasteiger partial charge is 0.197 e. The van der Waals surface area contributed by atoms with E-state index in [4.69, 9.17) is 23.4 Å². The van der Waals surface area contributed by atoms with Crippen molar-refractivity contribution < 1.29 is 89.7 Å². The first-order valence-electron chi connectivity index (χ1n) is 15.7. The van der Waals surface area contributed by atoms with Gasteiger partial charge in [-0.1, -0.05) is 0 Å². The summed E-state index contributed by atoms with van der Waals surface area (Å²) in [6.07, 6.45) is -22.7. The summed E-state index contributed by atoms with van der Waals surface area (Å²) in [7, 11) is 0. The van der Waals surface area contributed by atoms with Crippen LogP contribution in [0.1, 0.15) is 23.3 Å². The number of benzene rings is 2. The molecule has 3 saturated heterocycles. The number of aliphatic hydroxyl groups is 10. The molecule has 4 heterocycles. The van der Waals surface area contributed by atoms with Gasteiger partial charge < -0.3 is 89.7 Å². The lowest BCUT2D eigenvalue weighted by molar-refractivity contribution is -0.286. The van der Waals surface area contributed by atoms with E-state index in [2.05, 4.69) is 0 Å². The monoisotopic (exact) mass is 726 g/mol. The minimum absolute atomic E-state index is 0.135. The summed E-state index contributed by atoms with van der Waals surface area (Å²) in [5.41, 5.74) is -5.03. The largest absolute Gasteiger partial charge is 0.508 e. The van der Waals surface area contributed by atoms with Crippen LogP contribution in [0.2, 0.25) is 0 Å². The van der Waals surface area contributed by atoms with Crippen LogP contribution in [0.3, 0.4) is 0 Å². The predicted molar refractivity (Wildman–Crippen MR) is 165 cm³/mol. The van der Waals surface area contributed by atoms with E-state index in [1.807, 2.05) is 0 Å². The highest BCUT2D eigenvalue weighted by Gasteiger charge is 2.55. The number of phenolic OH excluding ortho intramolecular Hbond substituents is 3. The van der Waals surface area contributed by atoms with Crippen molar-refractivity contribution in [2.45, 2.75) is 79.0 Å². The number of fused-ring (bicyclic) bond motifs is 1. The van der Waals surface area contributed by atoms with E-state index in [1.165, 1.54) is 24.3 Å². The molecule has 51 heavy (non-hydrogen) atoms. The lowest BCUT2D eigenvalue weighted by Gasteiger charge is -2.44. The average Bonchev–Trinajstić information content (AvgIpc) is 3.40. The highest BCUT2D eigenvalue weighted by molar-refractivity contribution is 5.92. The fourth-order valence-electron chi connectivity index (χ4n) is 6.59. The van der Waals surface area contributed by atoms with Crippen LogP contribution in [0.25, 0.3) is 22.3 Å². The van der Waals surface area contributed by atoms with Gasteiger partial charge >= 0.3 is 0 Å². The molecule has 0 spiro atoms. The van der Waals surface area contributed by atoms with Crippen LogP contribution < -0.4 is 5.43 Å². The first kappa shape index (κ1) is 37.3. The Hall–Kier alpha value is -3.51. The van der Waals surface area contributed by atoms with Crippen molar-refractivity contribution in [1.29, 1.82) is 0 Å². The molecule has 3 aliphatic rings. The Morgan fingerprint density at radius 3 is 1.96 bits per heavy atom. The molecule has 3 fully saturated rings. The number of phenols is 3. The summed E-state index contributed by atoms with van der Waals surface area (Å²) < 4.78 is 28.7. The van der Waals surface area contributed by atoms with Crippen LogP contribution in [0.15, 0.2) is 39.5 Å². The molecule has 0 bridgehead atoms. The van der Waals surface area contributed by atoms with Crippen LogP contribution in [-0.2, 0) is 18.9 Å². The fourth-order valence-corrected chi connectivity index (χ4v) is 6.59. The van der Waals surface area contributed by atoms with Gasteiger partial charge in [0.25, 0.3) is 0 Å². The van der Waals surface area contributed by atoms with Gasteiger partial charge in [-0.2, -0.15) is 0 Å². The normalized spacial score (nSPS) is 37.2. The second-order valence-corrected chi connectivity index (χ2v) is 12.7. The third-order valence-corrected chi connectivity index (χ3v) is 9.55. The average molecular weight is 727 g/mol. The van der Waals surface area contributed by atoms with Crippen molar-refractivity contribution in [3.63, 3.8) is 0 Å². The number of hydrogen-bond acceptors (Lipinski definition) is 19. The fraction of sp³-hybridized carbons (Fsp3) is 0.531. The molecule has 13 N–H and O–H groups in total. The van der Waals surface area contributed by atoms with Crippen LogP contribution in [0, 0.1) is 0 Å². The van der Waals surface area contributed by atoms with Gasteiger partial charge in [0.1, 0.15) is 101 Å². The third kappa shape index (κ3) is 6.23. The molecular formula is C32H38O19. The van der Waals surface area contributed by atoms with Crippen LogP contribution in [0.4, 0.5) is 0 Å². The van der Waals surface area contributed by atoms with Gasteiger partial charge in [0, 0.05) is 11.6 Å². The lowest BCUT2D eigenvalue weighted by Crippen LogP contribution is -2.58.